The monoisotopic (exact) mass is 440 g/mol. The van der Waals surface area contributed by atoms with E-state index in [1.54, 1.807) is 6.07 Å². The Morgan fingerprint density at radius 2 is 1.61 bits per heavy atom. The molecule has 0 bridgehead atoms. The van der Waals surface area contributed by atoms with Gasteiger partial charge in [-0.15, -0.1) is 0 Å². The molecule has 0 aromatic heterocycles. The first kappa shape index (κ1) is 25.5. The Hall–Kier alpha value is -3.50. The largest absolute Gasteiger partial charge is 0.469 e. The molecule has 170 valence electrons. The van der Waals surface area contributed by atoms with Crippen LogP contribution in [0.3, 0.4) is 0 Å². The summed E-state index contributed by atoms with van der Waals surface area (Å²) in [6, 6.07) is 2.59. The molecule has 3 atom stereocenters. The molecule has 31 heavy (non-hydrogen) atoms. The number of nitrogens with one attached hydrogen (secondary N) is 2. The van der Waals surface area contributed by atoms with E-state index in [4.69, 9.17) is 0 Å². The summed E-state index contributed by atoms with van der Waals surface area (Å²) in [6.45, 7) is 1.18. The topological polar surface area (TPSA) is 137 Å². The molecule has 0 aliphatic rings. The average Bonchev–Trinajstić information content (AvgIpc) is 2.73. The number of hydrogen-bond donors (Lipinski definition) is 2. The van der Waals surface area contributed by atoms with E-state index in [0.717, 1.165) is 21.3 Å². The molecule has 0 spiro atoms. The van der Waals surface area contributed by atoms with Gasteiger partial charge in [-0.2, -0.15) is 0 Å². The molecular weight excluding hydrogens is 415 g/mol. The Bertz CT molecular complexity index is 829. The van der Waals surface area contributed by atoms with E-state index in [1.807, 2.05) is 0 Å². The van der Waals surface area contributed by atoms with Gasteiger partial charge in [0.2, 0.25) is 11.8 Å². The number of halogens is 1. The van der Waals surface area contributed by atoms with Gasteiger partial charge in [-0.1, -0.05) is 12.1 Å². The standard InChI is InChI=1S/C20H25FN2O8/c1-11(24)22-15(9-12-6-5-7-13(21)8-12)18(26)23-17(20(28)31-4)14(19(27)30-3)10-16(25)29-2/h5-8,14-15,17H,9-10H2,1-4H3,(H,22,24)(H,23,26)/t14-,15-,17+/m1/s1. The third-order valence-corrected chi connectivity index (χ3v) is 4.30. The van der Waals surface area contributed by atoms with Gasteiger partial charge in [0.15, 0.2) is 0 Å². The summed E-state index contributed by atoms with van der Waals surface area (Å²) < 4.78 is 27.3. The van der Waals surface area contributed by atoms with Crippen LogP contribution in [0.4, 0.5) is 4.39 Å². The van der Waals surface area contributed by atoms with Gasteiger partial charge < -0.3 is 24.8 Å². The molecule has 0 aliphatic heterocycles. The molecule has 1 rings (SSSR count). The predicted octanol–water partition coefficient (Wildman–Crippen LogP) is -0.117. The van der Waals surface area contributed by atoms with Crippen LogP contribution in [0, 0.1) is 11.7 Å². The summed E-state index contributed by atoms with van der Waals surface area (Å²) in [5.41, 5.74) is 0.405. The number of methoxy groups -OCH3 is 3. The molecule has 0 unspecified atom stereocenters. The van der Waals surface area contributed by atoms with Crippen LogP contribution in [0.5, 0.6) is 0 Å². The second-order valence-corrected chi connectivity index (χ2v) is 6.51. The van der Waals surface area contributed by atoms with Crippen molar-refractivity contribution in [3.8, 4) is 0 Å². The van der Waals surface area contributed by atoms with Gasteiger partial charge >= 0.3 is 17.9 Å². The summed E-state index contributed by atoms with van der Waals surface area (Å²) >= 11 is 0. The number of rotatable bonds is 10. The summed E-state index contributed by atoms with van der Waals surface area (Å²) in [5.74, 6) is -6.17. The molecular formula is C20H25FN2O8. The van der Waals surface area contributed by atoms with Crippen molar-refractivity contribution in [2.75, 3.05) is 21.3 Å². The lowest BCUT2D eigenvalue weighted by Crippen LogP contribution is -2.56. The highest BCUT2D eigenvalue weighted by Gasteiger charge is 2.39. The number of carbonyl (C=O) groups excluding carboxylic acids is 5. The second kappa shape index (κ2) is 12.3. The molecule has 1 aromatic carbocycles. The van der Waals surface area contributed by atoms with Crippen molar-refractivity contribution in [2.24, 2.45) is 5.92 Å². The van der Waals surface area contributed by atoms with Gasteiger partial charge in [0.05, 0.1) is 33.7 Å². The maximum Gasteiger partial charge on any atom is 0.329 e. The normalized spacial score (nSPS) is 13.2. The zero-order valence-corrected chi connectivity index (χ0v) is 17.6. The number of ether oxygens (including phenoxy) is 3. The molecule has 0 fully saturated rings. The molecule has 2 N–H and O–H groups in total. The van der Waals surface area contributed by atoms with Crippen molar-refractivity contribution in [3.05, 3.63) is 35.6 Å². The van der Waals surface area contributed by atoms with Crippen molar-refractivity contribution in [1.29, 1.82) is 0 Å². The predicted molar refractivity (Wildman–Crippen MR) is 104 cm³/mol. The summed E-state index contributed by atoms with van der Waals surface area (Å²) in [4.78, 5) is 60.6. The number of carbonyl (C=O) groups is 5. The van der Waals surface area contributed by atoms with Gasteiger partial charge in [-0.25, -0.2) is 9.18 Å². The van der Waals surface area contributed by atoms with E-state index in [0.29, 0.717) is 5.56 Å². The zero-order chi connectivity index (χ0) is 23.6. The SMILES string of the molecule is COC(=O)C[C@@H](C(=O)OC)[C@H](NC(=O)[C@@H](Cc1cccc(F)c1)NC(C)=O)C(=O)OC. The molecule has 0 radical (unpaired) electrons. The molecule has 0 heterocycles. The highest BCUT2D eigenvalue weighted by atomic mass is 19.1. The van der Waals surface area contributed by atoms with E-state index in [1.165, 1.54) is 25.1 Å². The molecule has 2 amide bonds. The third-order valence-electron chi connectivity index (χ3n) is 4.30. The molecule has 10 nitrogen and oxygen atoms in total. The maximum atomic E-state index is 13.5. The lowest BCUT2D eigenvalue weighted by molar-refractivity contribution is -0.159. The number of hydrogen-bond acceptors (Lipinski definition) is 8. The fourth-order valence-electron chi connectivity index (χ4n) is 2.81. The highest BCUT2D eigenvalue weighted by molar-refractivity contribution is 5.94. The Kier molecular flexibility index (Phi) is 10.1. The zero-order valence-electron chi connectivity index (χ0n) is 17.6. The highest BCUT2D eigenvalue weighted by Crippen LogP contribution is 2.15. The van der Waals surface area contributed by atoms with Crippen molar-refractivity contribution in [3.63, 3.8) is 0 Å². The molecule has 0 saturated carbocycles. The minimum Gasteiger partial charge on any atom is -0.469 e. The first-order chi connectivity index (χ1) is 14.6. The molecule has 1 aromatic rings. The van der Waals surface area contributed by atoms with Crippen molar-refractivity contribution < 1.29 is 42.6 Å². The van der Waals surface area contributed by atoms with Crippen LogP contribution in [0.15, 0.2) is 24.3 Å². The van der Waals surface area contributed by atoms with Gasteiger partial charge in [-0.05, 0) is 17.7 Å². The third kappa shape index (κ3) is 8.03. The second-order valence-electron chi connectivity index (χ2n) is 6.51. The van der Waals surface area contributed by atoms with Gasteiger partial charge in [0, 0.05) is 13.3 Å². The van der Waals surface area contributed by atoms with Crippen molar-refractivity contribution >= 4 is 29.7 Å². The minimum absolute atomic E-state index is 0.100. The van der Waals surface area contributed by atoms with E-state index < -0.39 is 60.0 Å². The fraction of sp³-hybridized carbons (Fsp3) is 0.450. The summed E-state index contributed by atoms with van der Waals surface area (Å²) in [6.07, 6.45) is -0.672. The van der Waals surface area contributed by atoms with Gasteiger partial charge in [-0.3, -0.25) is 19.2 Å². The van der Waals surface area contributed by atoms with Crippen LogP contribution < -0.4 is 10.6 Å². The number of esters is 3. The van der Waals surface area contributed by atoms with E-state index in [9.17, 15) is 28.4 Å². The van der Waals surface area contributed by atoms with E-state index in [-0.39, 0.29) is 6.42 Å². The first-order valence-corrected chi connectivity index (χ1v) is 9.17. The van der Waals surface area contributed by atoms with Crippen molar-refractivity contribution in [2.45, 2.75) is 31.8 Å². The maximum absolute atomic E-state index is 13.5. The molecule has 11 heteroatoms. The van der Waals surface area contributed by atoms with Crippen LogP contribution in [0.25, 0.3) is 0 Å². The molecule has 0 aliphatic carbocycles. The molecule has 0 saturated heterocycles. The van der Waals surface area contributed by atoms with Crippen LogP contribution in [0.2, 0.25) is 0 Å². The quantitative estimate of drug-likeness (QED) is 0.380. The van der Waals surface area contributed by atoms with Crippen LogP contribution in [-0.4, -0.2) is 63.1 Å². The van der Waals surface area contributed by atoms with E-state index >= 15 is 0 Å². The summed E-state index contributed by atoms with van der Waals surface area (Å²) in [7, 11) is 3.17. The Morgan fingerprint density at radius 1 is 0.968 bits per heavy atom. The van der Waals surface area contributed by atoms with Gasteiger partial charge in [0.1, 0.15) is 17.9 Å². The fourth-order valence-corrected chi connectivity index (χ4v) is 2.81. The summed E-state index contributed by atoms with van der Waals surface area (Å²) in [5, 5.41) is 4.73. The number of benzene rings is 1. The van der Waals surface area contributed by atoms with Crippen LogP contribution in [0.1, 0.15) is 18.9 Å². The lowest BCUT2D eigenvalue weighted by Gasteiger charge is -2.26. The van der Waals surface area contributed by atoms with Crippen molar-refractivity contribution in [1.82, 2.24) is 10.6 Å². The van der Waals surface area contributed by atoms with Gasteiger partial charge in [0.25, 0.3) is 0 Å². The Morgan fingerprint density at radius 3 is 2.13 bits per heavy atom. The minimum atomic E-state index is -1.60. The smallest absolute Gasteiger partial charge is 0.329 e. The van der Waals surface area contributed by atoms with Crippen LogP contribution >= 0.6 is 0 Å². The first-order valence-electron chi connectivity index (χ1n) is 9.17. The Labute approximate surface area is 178 Å². The average molecular weight is 440 g/mol. The number of amides is 2. The van der Waals surface area contributed by atoms with E-state index in [2.05, 4.69) is 24.8 Å². The van der Waals surface area contributed by atoms with Crippen LogP contribution in [-0.2, 0) is 44.6 Å². The lowest BCUT2D eigenvalue weighted by atomic mass is 9.95. The Balaban J connectivity index is 3.18.